The molecule has 1 aromatic rings. The highest BCUT2D eigenvalue weighted by Crippen LogP contribution is 2.28. The maximum atomic E-state index is 10.4. The first-order valence-corrected chi connectivity index (χ1v) is 6.25. The van der Waals surface area contributed by atoms with Crippen molar-refractivity contribution in [3.05, 3.63) is 23.8 Å². The molecule has 1 saturated heterocycles. The molecule has 19 heavy (non-hydrogen) atoms. The monoisotopic (exact) mass is 262 g/mol. The molecule has 0 bridgehead atoms. The Balaban J connectivity index is 2.12. The van der Waals surface area contributed by atoms with Crippen LogP contribution in [-0.2, 0) is 4.74 Å². The van der Waals surface area contributed by atoms with Gasteiger partial charge in [0.2, 0.25) is 0 Å². The number of methoxy groups -OCH3 is 1. The lowest BCUT2D eigenvalue weighted by Gasteiger charge is -2.27. The van der Waals surface area contributed by atoms with Gasteiger partial charge in [-0.1, -0.05) is 0 Å². The fourth-order valence-electron chi connectivity index (χ4n) is 2.15. The van der Waals surface area contributed by atoms with Crippen molar-refractivity contribution < 1.29 is 14.6 Å². The van der Waals surface area contributed by atoms with Crippen molar-refractivity contribution in [3.63, 3.8) is 0 Å². The second kappa shape index (κ2) is 5.47. The van der Waals surface area contributed by atoms with E-state index in [0.717, 1.165) is 0 Å². The Morgan fingerprint density at radius 3 is 3.00 bits per heavy atom. The van der Waals surface area contributed by atoms with Crippen LogP contribution in [0.2, 0.25) is 0 Å². The van der Waals surface area contributed by atoms with Gasteiger partial charge in [-0.15, -0.1) is 0 Å². The van der Waals surface area contributed by atoms with Gasteiger partial charge >= 0.3 is 0 Å². The fraction of sp³-hybridized carbons (Fsp3) is 0.500. The van der Waals surface area contributed by atoms with Crippen LogP contribution in [0.1, 0.15) is 18.9 Å². The number of nitrogens with one attached hydrogen (secondary N) is 1. The van der Waals surface area contributed by atoms with Gasteiger partial charge in [0.1, 0.15) is 17.4 Å². The first-order chi connectivity index (χ1) is 9.09. The van der Waals surface area contributed by atoms with Crippen LogP contribution in [-0.4, -0.2) is 37.1 Å². The van der Waals surface area contributed by atoms with Crippen LogP contribution in [0.3, 0.4) is 0 Å². The van der Waals surface area contributed by atoms with Crippen molar-refractivity contribution in [1.82, 2.24) is 0 Å². The molecule has 0 aliphatic carbocycles. The van der Waals surface area contributed by atoms with Gasteiger partial charge in [-0.25, -0.2) is 0 Å². The fourth-order valence-corrected chi connectivity index (χ4v) is 2.15. The molecule has 0 amide bonds. The van der Waals surface area contributed by atoms with Crippen molar-refractivity contribution >= 4 is 5.69 Å². The molecule has 2 rings (SSSR count). The molecule has 1 aromatic carbocycles. The SMILES string of the molecule is COc1ccc(C#N)c(NCC2(O)CCOC2C)c1. The van der Waals surface area contributed by atoms with Gasteiger partial charge in [0.25, 0.3) is 0 Å². The summed E-state index contributed by atoms with van der Waals surface area (Å²) >= 11 is 0. The lowest BCUT2D eigenvalue weighted by molar-refractivity contribution is -0.0175. The third-order valence-corrected chi connectivity index (χ3v) is 3.59. The molecule has 2 unspecified atom stereocenters. The van der Waals surface area contributed by atoms with E-state index in [1.807, 2.05) is 6.92 Å². The highest BCUT2D eigenvalue weighted by molar-refractivity contribution is 5.60. The second-order valence-electron chi connectivity index (χ2n) is 4.74. The molecule has 2 atom stereocenters. The Labute approximate surface area is 112 Å². The third kappa shape index (κ3) is 2.80. The molecule has 0 aromatic heterocycles. The molecule has 1 fully saturated rings. The predicted octanol–water partition coefficient (Wildman–Crippen LogP) is 1.52. The van der Waals surface area contributed by atoms with Crippen LogP contribution in [0.15, 0.2) is 18.2 Å². The summed E-state index contributed by atoms with van der Waals surface area (Å²) in [5.74, 6) is 0.671. The molecule has 0 spiro atoms. The number of ether oxygens (including phenoxy) is 2. The summed E-state index contributed by atoms with van der Waals surface area (Å²) in [5.41, 5.74) is 0.292. The Hall–Kier alpha value is -1.77. The minimum absolute atomic E-state index is 0.212. The zero-order chi connectivity index (χ0) is 13.9. The lowest BCUT2D eigenvalue weighted by Crippen LogP contribution is -2.43. The number of nitrogens with zero attached hydrogens (tertiary/aromatic N) is 1. The third-order valence-electron chi connectivity index (χ3n) is 3.59. The van der Waals surface area contributed by atoms with Crippen LogP contribution in [0, 0.1) is 11.3 Å². The van der Waals surface area contributed by atoms with E-state index in [-0.39, 0.29) is 6.10 Å². The minimum atomic E-state index is -0.893. The summed E-state index contributed by atoms with van der Waals surface area (Å²) in [6.45, 7) is 2.75. The van der Waals surface area contributed by atoms with Crippen LogP contribution >= 0.6 is 0 Å². The first-order valence-electron chi connectivity index (χ1n) is 6.25. The summed E-state index contributed by atoms with van der Waals surface area (Å²) in [4.78, 5) is 0. The summed E-state index contributed by atoms with van der Waals surface area (Å²) in [5, 5.41) is 22.6. The van der Waals surface area contributed by atoms with E-state index in [1.54, 1.807) is 25.3 Å². The Morgan fingerprint density at radius 1 is 1.63 bits per heavy atom. The van der Waals surface area contributed by atoms with Gasteiger partial charge in [-0.05, 0) is 19.1 Å². The largest absolute Gasteiger partial charge is 0.497 e. The predicted molar refractivity (Wildman–Crippen MR) is 71.2 cm³/mol. The summed E-state index contributed by atoms with van der Waals surface area (Å²) in [6, 6.07) is 7.30. The topological polar surface area (TPSA) is 74.5 Å². The maximum absolute atomic E-state index is 10.4. The molecule has 5 heteroatoms. The van der Waals surface area contributed by atoms with Gasteiger partial charge in [-0.2, -0.15) is 5.26 Å². The quantitative estimate of drug-likeness (QED) is 0.860. The van der Waals surface area contributed by atoms with Crippen molar-refractivity contribution in [2.24, 2.45) is 0 Å². The average Bonchev–Trinajstić information content (AvgIpc) is 2.76. The molecule has 0 radical (unpaired) electrons. The first kappa shape index (κ1) is 13.7. The van der Waals surface area contributed by atoms with Crippen molar-refractivity contribution in [3.8, 4) is 11.8 Å². The summed E-state index contributed by atoms with van der Waals surface area (Å²) < 4.78 is 10.5. The van der Waals surface area contributed by atoms with E-state index in [9.17, 15) is 5.11 Å². The number of rotatable bonds is 4. The summed E-state index contributed by atoms with van der Waals surface area (Å²) in [6.07, 6.45) is 0.378. The van der Waals surface area contributed by atoms with Crippen LogP contribution in [0.25, 0.3) is 0 Å². The van der Waals surface area contributed by atoms with Crippen molar-refractivity contribution in [2.75, 3.05) is 25.6 Å². The highest BCUT2D eigenvalue weighted by atomic mass is 16.5. The molecule has 0 saturated carbocycles. The van der Waals surface area contributed by atoms with E-state index >= 15 is 0 Å². The molecular formula is C14H18N2O3. The van der Waals surface area contributed by atoms with E-state index < -0.39 is 5.60 Å². The number of aliphatic hydroxyl groups is 1. The average molecular weight is 262 g/mol. The molecular weight excluding hydrogens is 244 g/mol. The number of nitriles is 1. The number of hydrogen-bond acceptors (Lipinski definition) is 5. The Morgan fingerprint density at radius 2 is 2.42 bits per heavy atom. The second-order valence-corrected chi connectivity index (χ2v) is 4.74. The minimum Gasteiger partial charge on any atom is -0.497 e. The molecule has 2 N–H and O–H groups in total. The molecule has 1 aliphatic rings. The zero-order valence-electron chi connectivity index (χ0n) is 11.1. The molecule has 5 nitrogen and oxygen atoms in total. The number of benzene rings is 1. The van der Waals surface area contributed by atoms with Crippen LogP contribution in [0.4, 0.5) is 5.69 Å². The Bertz CT molecular complexity index is 498. The molecule has 1 heterocycles. The maximum Gasteiger partial charge on any atom is 0.121 e. The summed E-state index contributed by atoms with van der Waals surface area (Å²) in [7, 11) is 1.57. The van der Waals surface area contributed by atoms with Gasteiger partial charge in [-0.3, -0.25) is 0 Å². The van der Waals surface area contributed by atoms with Gasteiger partial charge in [0.15, 0.2) is 0 Å². The van der Waals surface area contributed by atoms with E-state index in [2.05, 4.69) is 11.4 Å². The molecule has 102 valence electrons. The zero-order valence-corrected chi connectivity index (χ0v) is 11.1. The van der Waals surface area contributed by atoms with Crippen LogP contribution in [0.5, 0.6) is 5.75 Å². The number of hydrogen-bond donors (Lipinski definition) is 2. The van der Waals surface area contributed by atoms with Crippen LogP contribution < -0.4 is 10.1 Å². The van der Waals surface area contributed by atoms with Crippen molar-refractivity contribution in [2.45, 2.75) is 25.0 Å². The standard InChI is InChI=1S/C14H18N2O3/c1-10-14(17,5-6-19-10)9-16-13-7-12(18-2)4-3-11(13)8-15/h3-4,7,10,16-17H,5-6,9H2,1-2H3. The van der Waals surface area contributed by atoms with Gasteiger partial charge in [0, 0.05) is 25.6 Å². The normalized spacial score (nSPS) is 25.9. The van der Waals surface area contributed by atoms with Gasteiger partial charge in [0.05, 0.1) is 24.5 Å². The van der Waals surface area contributed by atoms with E-state index in [1.165, 1.54) is 0 Å². The highest BCUT2D eigenvalue weighted by Gasteiger charge is 2.39. The van der Waals surface area contributed by atoms with E-state index in [4.69, 9.17) is 14.7 Å². The molecule has 1 aliphatic heterocycles. The van der Waals surface area contributed by atoms with Gasteiger partial charge < -0.3 is 19.9 Å². The van der Waals surface area contributed by atoms with E-state index in [0.29, 0.717) is 36.6 Å². The Kier molecular flexibility index (Phi) is 3.93. The number of anilines is 1. The smallest absolute Gasteiger partial charge is 0.121 e. The lowest BCUT2D eigenvalue weighted by atomic mass is 9.96. The van der Waals surface area contributed by atoms with Crippen molar-refractivity contribution in [1.29, 1.82) is 5.26 Å².